The van der Waals surface area contributed by atoms with Gasteiger partial charge < -0.3 is 24.0 Å². The van der Waals surface area contributed by atoms with Gasteiger partial charge in [0.25, 0.3) is 0 Å². The predicted octanol–water partition coefficient (Wildman–Crippen LogP) is 5.62. The summed E-state index contributed by atoms with van der Waals surface area (Å²) in [6.07, 6.45) is 7.95. The van der Waals surface area contributed by atoms with Crippen molar-refractivity contribution in [2.24, 2.45) is 0 Å². The zero-order chi connectivity index (χ0) is 25.6. The summed E-state index contributed by atoms with van der Waals surface area (Å²) < 4.78 is 16.1. The third-order valence-corrected chi connectivity index (χ3v) is 7.15. The van der Waals surface area contributed by atoms with E-state index in [4.69, 9.17) is 14.2 Å². The number of hydrogen-bond donors (Lipinski definition) is 0. The number of ether oxygens (including phenoxy) is 3. The van der Waals surface area contributed by atoms with E-state index in [2.05, 4.69) is 6.92 Å². The normalized spacial score (nSPS) is 12.1. The largest absolute Gasteiger partial charge is 0.454 e. The third kappa shape index (κ3) is 9.13. The molecular formula is C28H40N2O5S. The average molecular weight is 517 g/mol. The number of methoxy groups -OCH3 is 1. The van der Waals surface area contributed by atoms with Crippen molar-refractivity contribution < 1.29 is 23.8 Å². The summed E-state index contributed by atoms with van der Waals surface area (Å²) in [6, 6.07) is 9.79. The lowest BCUT2D eigenvalue weighted by Crippen LogP contribution is -2.43. The molecule has 2 heterocycles. The lowest BCUT2D eigenvalue weighted by Gasteiger charge is -2.28. The molecule has 8 heteroatoms. The second kappa shape index (κ2) is 15.5. The first-order valence-electron chi connectivity index (χ1n) is 13.1. The maximum atomic E-state index is 13.6. The molecule has 0 N–H and O–H groups in total. The van der Waals surface area contributed by atoms with E-state index < -0.39 is 0 Å². The van der Waals surface area contributed by atoms with Crippen molar-refractivity contribution in [2.75, 3.05) is 33.6 Å². The first kappa shape index (κ1) is 28.0. The Hall–Kier alpha value is -2.58. The zero-order valence-corrected chi connectivity index (χ0v) is 22.5. The minimum absolute atomic E-state index is 0.0501. The van der Waals surface area contributed by atoms with E-state index in [0.29, 0.717) is 44.8 Å². The molecule has 1 aliphatic rings. The number of hydrogen-bond acceptors (Lipinski definition) is 6. The number of fused-ring (bicyclic) bond motifs is 1. The second-order valence-corrected chi connectivity index (χ2v) is 10.2. The van der Waals surface area contributed by atoms with Crippen molar-refractivity contribution in [1.82, 2.24) is 9.80 Å². The standard InChI is InChI=1S/C28H40N2O5S/c1-3-4-5-6-7-8-12-27(31)29(15-10-16-33-2)21-28(32)30(20-24-11-9-17-36-24)19-23-13-14-25-26(18-23)35-22-34-25/h9,11,13-14,17-18H,3-8,10,12,15-16,19-22H2,1-2H3. The summed E-state index contributed by atoms with van der Waals surface area (Å²) >= 11 is 1.62. The highest BCUT2D eigenvalue weighted by Crippen LogP contribution is 2.33. The zero-order valence-electron chi connectivity index (χ0n) is 21.7. The highest BCUT2D eigenvalue weighted by atomic mass is 32.1. The summed E-state index contributed by atoms with van der Waals surface area (Å²) in [4.78, 5) is 31.3. The monoisotopic (exact) mass is 516 g/mol. The van der Waals surface area contributed by atoms with Gasteiger partial charge in [-0.25, -0.2) is 0 Å². The van der Waals surface area contributed by atoms with Gasteiger partial charge in [-0.1, -0.05) is 51.2 Å². The van der Waals surface area contributed by atoms with Gasteiger partial charge in [-0.3, -0.25) is 9.59 Å². The smallest absolute Gasteiger partial charge is 0.242 e. The van der Waals surface area contributed by atoms with Gasteiger partial charge in [-0.15, -0.1) is 11.3 Å². The minimum Gasteiger partial charge on any atom is -0.454 e. The number of carbonyl (C=O) groups excluding carboxylic acids is 2. The van der Waals surface area contributed by atoms with Crippen molar-refractivity contribution in [3.8, 4) is 11.5 Å². The molecule has 0 saturated heterocycles. The number of carbonyl (C=O) groups is 2. The molecule has 2 aromatic rings. The number of rotatable bonds is 17. The van der Waals surface area contributed by atoms with Gasteiger partial charge in [-0.05, 0) is 42.0 Å². The van der Waals surface area contributed by atoms with Gasteiger partial charge in [0.1, 0.15) is 0 Å². The second-order valence-electron chi connectivity index (χ2n) is 9.20. The molecule has 0 aliphatic carbocycles. The number of amides is 2. The van der Waals surface area contributed by atoms with Crippen LogP contribution in [0.5, 0.6) is 11.5 Å². The number of nitrogens with zero attached hydrogens (tertiary/aromatic N) is 2. The molecule has 1 aromatic carbocycles. The molecule has 0 spiro atoms. The van der Waals surface area contributed by atoms with E-state index in [1.807, 2.05) is 40.6 Å². The fourth-order valence-electron chi connectivity index (χ4n) is 4.25. The van der Waals surface area contributed by atoms with Gasteiger partial charge in [0, 0.05) is 38.1 Å². The van der Waals surface area contributed by atoms with E-state index in [0.717, 1.165) is 35.5 Å². The summed E-state index contributed by atoms with van der Waals surface area (Å²) in [5.74, 6) is 1.41. The maximum Gasteiger partial charge on any atom is 0.242 e. The molecule has 7 nitrogen and oxygen atoms in total. The van der Waals surface area contributed by atoms with Gasteiger partial charge >= 0.3 is 0 Å². The Balaban J connectivity index is 1.64. The summed E-state index contributed by atoms with van der Waals surface area (Å²) in [5.41, 5.74) is 0.966. The fourth-order valence-corrected chi connectivity index (χ4v) is 4.97. The maximum absolute atomic E-state index is 13.6. The topological polar surface area (TPSA) is 68.3 Å². The Kier molecular flexibility index (Phi) is 12.1. The van der Waals surface area contributed by atoms with Crippen LogP contribution in [0.1, 0.15) is 68.7 Å². The van der Waals surface area contributed by atoms with Crippen LogP contribution >= 0.6 is 11.3 Å². The van der Waals surface area contributed by atoms with E-state index in [9.17, 15) is 9.59 Å². The first-order chi connectivity index (χ1) is 17.6. The molecule has 1 aromatic heterocycles. The molecule has 2 amide bonds. The van der Waals surface area contributed by atoms with Crippen molar-refractivity contribution in [3.63, 3.8) is 0 Å². The van der Waals surface area contributed by atoms with Gasteiger partial charge in [-0.2, -0.15) is 0 Å². The van der Waals surface area contributed by atoms with Crippen LogP contribution in [-0.4, -0.2) is 55.2 Å². The van der Waals surface area contributed by atoms with Crippen LogP contribution < -0.4 is 9.47 Å². The fraction of sp³-hybridized carbons (Fsp3) is 0.571. The van der Waals surface area contributed by atoms with Crippen LogP contribution in [0.4, 0.5) is 0 Å². The molecule has 198 valence electrons. The first-order valence-corrected chi connectivity index (χ1v) is 13.9. The lowest BCUT2D eigenvalue weighted by molar-refractivity contribution is -0.141. The van der Waals surface area contributed by atoms with Crippen LogP contribution in [0.25, 0.3) is 0 Å². The number of unbranched alkanes of at least 4 members (excludes halogenated alkanes) is 5. The number of benzene rings is 1. The van der Waals surface area contributed by atoms with Crippen molar-refractivity contribution in [2.45, 2.75) is 71.4 Å². The van der Waals surface area contributed by atoms with Crippen LogP contribution in [-0.2, 0) is 27.4 Å². The Labute approximate surface area is 219 Å². The highest BCUT2D eigenvalue weighted by molar-refractivity contribution is 7.09. The van der Waals surface area contributed by atoms with E-state index in [-0.39, 0.29) is 25.2 Å². The quantitative estimate of drug-likeness (QED) is 0.255. The van der Waals surface area contributed by atoms with Gasteiger partial charge in [0.15, 0.2) is 11.5 Å². The number of thiophene rings is 1. The summed E-state index contributed by atoms with van der Waals surface area (Å²) in [7, 11) is 1.65. The van der Waals surface area contributed by atoms with Crippen molar-refractivity contribution in [1.29, 1.82) is 0 Å². The van der Waals surface area contributed by atoms with Crippen LogP contribution in [0.3, 0.4) is 0 Å². The molecule has 3 rings (SSSR count). The predicted molar refractivity (Wildman–Crippen MR) is 142 cm³/mol. The Morgan fingerprint density at radius 2 is 1.75 bits per heavy atom. The Morgan fingerprint density at radius 3 is 2.53 bits per heavy atom. The molecule has 0 unspecified atom stereocenters. The summed E-state index contributed by atoms with van der Waals surface area (Å²) in [5, 5.41) is 2.01. The van der Waals surface area contributed by atoms with Gasteiger partial charge in [0.05, 0.1) is 13.1 Å². The molecule has 1 aliphatic heterocycles. The molecule has 0 atom stereocenters. The molecule has 0 bridgehead atoms. The van der Waals surface area contributed by atoms with Crippen LogP contribution in [0.15, 0.2) is 35.7 Å². The molecule has 0 radical (unpaired) electrons. The molecule has 36 heavy (non-hydrogen) atoms. The van der Waals surface area contributed by atoms with Crippen LogP contribution in [0.2, 0.25) is 0 Å². The van der Waals surface area contributed by atoms with E-state index in [1.54, 1.807) is 23.3 Å². The molecular weight excluding hydrogens is 476 g/mol. The summed E-state index contributed by atoms with van der Waals surface area (Å²) in [6.45, 7) is 4.51. The van der Waals surface area contributed by atoms with Gasteiger partial charge in [0.2, 0.25) is 18.6 Å². The minimum atomic E-state index is -0.0604. The molecule has 0 saturated carbocycles. The highest BCUT2D eigenvalue weighted by Gasteiger charge is 2.23. The average Bonchev–Trinajstić information content (AvgIpc) is 3.57. The van der Waals surface area contributed by atoms with Crippen LogP contribution in [0, 0.1) is 0 Å². The Morgan fingerprint density at radius 1 is 0.944 bits per heavy atom. The molecule has 0 fully saturated rings. The SMILES string of the molecule is CCCCCCCCC(=O)N(CCCOC)CC(=O)N(Cc1ccc2c(c1)OCO2)Cc1cccs1. The lowest BCUT2D eigenvalue weighted by atomic mass is 10.1. The van der Waals surface area contributed by atoms with Crippen molar-refractivity contribution >= 4 is 23.2 Å². The van der Waals surface area contributed by atoms with E-state index >= 15 is 0 Å². The Bertz CT molecular complexity index is 934. The van der Waals surface area contributed by atoms with E-state index in [1.165, 1.54) is 19.3 Å². The third-order valence-electron chi connectivity index (χ3n) is 6.29. The van der Waals surface area contributed by atoms with Crippen molar-refractivity contribution in [3.05, 3.63) is 46.2 Å².